The van der Waals surface area contributed by atoms with Gasteiger partial charge in [0, 0.05) is 51.2 Å². The van der Waals surface area contributed by atoms with Crippen molar-refractivity contribution in [2.75, 3.05) is 0 Å². The number of hydrogen-bond donors (Lipinski definition) is 0. The van der Waals surface area contributed by atoms with Gasteiger partial charge >= 0.3 is 68.9 Å². The third-order valence-corrected chi connectivity index (χ3v) is 0. The summed E-state index contributed by atoms with van der Waals surface area (Å²) in [6, 6.07) is 0. The molecule has 0 amide bonds. The molecule has 4 heavy (non-hydrogen) atoms. The van der Waals surface area contributed by atoms with Gasteiger partial charge in [0.25, 0.3) is 0 Å². The van der Waals surface area contributed by atoms with Crippen molar-refractivity contribution in [3.8, 4) is 0 Å². The second-order valence-electron chi connectivity index (χ2n) is 0. The molecule has 2 radical (unpaired) electrons. The molecule has 0 spiro atoms. The molecule has 0 aromatic rings. The summed E-state index contributed by atoms with van der Waals surface area (Å²) in [7, 11) is 0. The van der Waals surface area contributed by atoms with Crippen LogP contribution < -0.4 is 68.9 Å². The van der Waals surface area contributed by atoms with Crippen LogP contribution in [-0.2, 0) is 51.2 Å². The first kappa shape index (κ1) is 25.5. The third kappa shape index (κ3) is 9.15. The SMILES string of the molecule is [Co].[Cr].[Cs+].[Cu].[H-]. The van der Waals surface area contributed by atoms with Crippen molar-refractivity contribution in [1.29, 1.82) is 0 Å². The Hall–Kier alpha value is 3.61. The van der Waals surface area contributed by atoms with E-state index in [2.05, 4.69) is 0 Å². The molecule has 4 heteroatoms. The van der Waals surface area contributed by atoms with Crippen LogP contribution in [0.3, 0.4) is 0 Å². The van der Waals surface area contributed by atoms with E-state index in [0.29, 0.717) is 0 Å². The quantitative estimate of drug-likeness (QED) is 0.422. The first-order chi connectivity index (χ1) is 0. The Morgan fingerprint density at radius 3 is 1.25 bits per heavy atom. The Morgan fingerprint density at radius 2 is 1.25 bits per heavy atom. The van der Waals surface area contributed by atoms with Gasteiger partial charge in [0.1, 0.15) is 0 Å². The Bertz CT molecular complexity index is 11.6. The van der Waals surface area contributed by atoms with Gasteiger partial charge in [-0.2, -0.15) is 0 Å². The zero-order chi connectivity index (χ0) is 0. The van der Waals surface area contributed by atoms with E-state index in [1.54, 1.807) is 0 Å². The van der Waals surface area contributed by atoms with Gasteiger partial charge in [-0.15, -0.1) is 0 Å². The van der Waals surface area contributed by atoms with Crippen molar-refractivity contribution in [2.24, 2.45) is 0 Å². The summed E-state index contributed by atoms with van der Waals surface area (Å²) < 4.78 is 0. The molecule has 0 rings (SSSR count). The monoisotopic (exact) mass is 308 g/mol. The topological polar surface area (TPSA) is 0 Å². The number of hydrogen-bond acceptors (Lipinski definition) is 0. The van der Waals surface area contributed by atoms with Crippen LogP contribution in [0.1, 0.15) is 1.43 Å². The molecule has 0 nitrogen and oxygen atoms in total. The summed E-state index contributed by atoms with van der Waals surface area (Å²) in [5.41, 5.74) is 0. The summed E-state index contributed by atoms with van der Waals surface area (Å²) in [6.45, 7) is 0. The third-order valence-electron chi connectivity index (χ3n) is 0. The van der Waals surface area contributed by atoms with E-state index < -0.39 is 0 Å². The molecule has 0 saturated carbocycles. The molecule has 0 saturated heterocycles. The van der Waals surface area contributed by atoms with Gasteiger partial charge in [-0.1, -0.05) is 0 Å². The van der Waals surface area contributed by atoms with E-state index in [1.807, 2.05) is 0 Å². The molecule has 0 N–H and O–H groups in total. The van der Waals surface area contributed by atoms with Crippen molar-refractivity contribution in [3.05, 3.63) is 0 Å². The molecule has 0 aliphatic heterocycles. The maximum absolute atomic E-state index is 0. The second kappa shape index (κ2) is 16.0. The van der Waals surface area contributed by atoms with E-state index in [9.17, 15) is 0 Å². The van der Waals surface area contributed by atoms with Crippen molar-refractivity contribution in [1.82, 2.24) is 0 Å². The fourth-order valence-corrected chi connectivity index (χ4v) is 0. The van der Waals surface area contributed by atoms with Crippen molar-refractivity contribution >= 4 is 0 Å². The van der Waals surface area contributed by atoms with Crippen molar-refractivity contribution in [3.63, 3.8) is 0 Å². The van der Waals surface area contributed by atoms with Crippen LogP contribution in [0.4, 0.5) is 0 Å². The van der Waals surface area contributed by atoms with E-state index >= 15 is 0 Å². The van der Waals surface area contributed by atoms with Crippen LogP contribution in [0.25, 0.3) is 0 Å². The van der Waals surface area contributed by atoms with Crippen LogP contribution in [0.2, 0.25) is 0 Å². The van der Waals surface area contributed by atoms with Crippen LogP contribution in [0.5, 0.6) is 0 Å². The fraction of sp³-hybridized carbons (Fsp3) is 0. The molecule has 0 fully saturated rings. The van der Waals surface area contributed by atoms with Gasteiger partial charge in [-0.25, -0.2) is 0 Å². The zero-order valence-corrected chi connectivity index (χ0v) is 11.6. The molecular weight excluding hydrogens is 307 g/mol. The van der Waals surface area contributed by atoms with E-state index in [4.69, 9.17) is 0 Å². The molecular formula is HCoCrCsCu. The molecule has 0 bridgehead atoms. The van der Waals surface area contributed by atoms with Crippen molar-refractivity contribution < 1.29 is 122 Å². The molecule has 28 valence electrons. The van der Waals surface area contributed by atoms with E-state index in [0.717, 1.165) is 0 Å². The molecule has 0 aliphatic carbocycles. The summed E-state index contributed by atoms with van der Waals surface area (Å²) in [5.74, 6) is 0. The molecule has 0 atom stereocenters. The molecule has 0 aromatic heterocycles. The van der Waals surface area contributed by atoms with Gasteiger partial charge < -0.3 is 1.43 Å². The van der Waals surface area contributed by atoms with E-state index in [-0.39, 0.29) is 122 Å². The minimum Gasteiger partial charge on any atom is -1.00 e. The maximum Gasteiger partial charge on any atom is 1.00 e. The Labute approximate surface area is 118 Å². The van der Waals surface area contributed by atoms with Crippen molar-refractivity contribution in [2.45, 2.75) is 0 Å². The minimum atomic E-state index is 0. The largest absolute Gasteiger partial charge is 1.00 e. The van der Waals surface area contributed by atoms with Crippen LogP contribution in [-0.4, -0.2) is 0 Å². The Balaban J connectivity index is 0. The Kier molecular flexibility index (Phi) is 102. The molecule has 0 aromatic carbocycles. The first-order valence-corrected chi connectivity index (χ1v) is 0. The van der Waals surface area contributed by atoms with Crippen LogP contribution in [0.15, 0.2) is 0 Å². The summed E-state index contributed by atoms with van der Waals surface area (Å²) >= 11 is 0. The van der Waals surface area contributed by atoms with E-state index in [1.165, 1.54) is 0 Å². The molecule has 0 unspecified atom stereocenters. The van der Waals surface area contributed by atoms with Crippen LogP contribution in [0, 0.1) is 0 Å². The Morgan fingerprint density at radius 1 is 1.25 bits per heavy atom. The normalized spacial score (nSPS) is 0. The van der Waals surface area contributed by atoms with Gasteiger partial charge in [0.2, 0.25) is 0 Å². The van der Waals surface area contributed by atoms with Gasteiger partial charge in [-0.3, -0.25) is 0 Å². The molecule has 0 aliphatic rings. The maximum atomic E-state index is 0. The average molecular weight is 308 g/mol. The summed E-state index contributed by atoms with van der Waals surface area (Å²) in [6.07, 6.45) is 0. The summed E-state index contributed by atoms with van der Waals surface area (Å²) in [5, 5.41) is 0. The standard InChI is InChI=1S/Co.Cr.Cs.Cu.H/q;;+1;;-1. The van der Waals surface area contributed by atoms with Gasteiger partial charge in [-0.05, 0) is 0 Å². The fourth-order valence-electron chi connectivity index (χ4n) is 0. The smallest absolute Gasteiger partial charge is 1.00 e. The first-order valence-electron chi connectivity index (χ1n) is 0. The zero-order valence-electron chi connectivity index (χ0n) is 3.04. The molecule has 0 heterocycles. The number of rotatable bonds is 0. The second-order valence-corrected chi connectivity index (χ2v) is 0. The minimum absolute atomic E-state index is 0. The van der Waals surface area contributed by atoms with Gasteiger partial charge in [0.15, 0.2) is 0 Å². The van der Waals surface area contributed by atoms with Gasteiger partial charge in [0.05, 0.1) is 0 Å². The predicted octanol–water partition coefficient (Wildman–Crippen LogP) is -2.89. The summed E-state index contributed by atoms with van der Waals surface area (Å²) in [4.78, 5) is 0. The predicted molar refractivity (Wildman–Crippen MR) is 1.11 cm³/mol. The van der Waals surface area contributed by atoms with Crippen LogP contribution >= 0.6 is 0 Å². The average Bonchev–Trinajstić information content (AvgIpc) is 0.